The van der Waals surface area contributed by atoms with E-state index in [0.717, 1.165) is 11.1 Å². The third kappa shape index (κ3) is 27.7. The van der Waals surface area contributed by atoms with Crippen LogP contribution in [-0.4, -0.2) is 222 Å². The van der Waals surface area contributed by atoms with E-state index in [9.17, 15) is 83.1 Å². The van der Waals surface area contributed by atoms with Crippen molar-refractivity contribution >= 4 is 111 Å². The minimum Gasteiger partial charge on any atom is -0.508 e. The standard InChI is InChI=1S/C77H98N18O18S2/c1-5-9-53-68(104)88-55(22-23-63(101)102)69(105)89-56(28-43-14-18-50(98)19-15-43)71(107)87-54(10-6-2)70(106)94-65(42(4)97)77(113)93-61(66(78)103)38-115-37-46-12-7-11-45(27-46)36-114-26-24-62(100)85-59(31-48-34-79-39-83-48)74(110)90-57(29-44-16-20-51(99)21-17-44)72(108)91-60(32-49-35-80-40-84-49)75(111)95-64(41(3)96)76(112)92-58(73(109)86-53)30-47-33-82-67-52(47)13-8-25-81-67/h7-8,11-21,25,27,33-35,39-42,53-61,64-65,96-99H,5-6,9-10,22-24,26,28-32,36-38H2,1-4H3,(H2,78,103)(H,79,83)(H,80,84)(H,81,82)(H,85,100)(H,86,109)(H,87,107)(H,88,104)(H,89,105)(H,90,110)(H,91,108)(H,92,112)(H,93,113)(H,94,106)(H,95,111)(H,101,102)/t41-,42-,53+,54+,55+,56+,57+,58+,59+,60+,61+,64+,65+/m1/s1. The maximum Gasteiger partial charge on any atom is 0.303 e. The molecule has 0 saturated carbocycles. The minimum absolute atomic E-state index is 0.0645. The molecule has 616 valence electrons. The number of aliphatic hydroxyl groups is 2. The normalized spacial score (nSPS) is 23.1. The summed E-state index contributed by atoms with van der Waals surface area (Å²) in [7, 11) is 0. The Balaban J connectivity index is 1.14. The number of H-pyrrole nitrogens is 3. The number of amides is 12. The molecule has 0 spiro atoms. The van der Waals surface area contributed by atoms with Gasteiger partial charge >= 0.3 is 5.97 Å². The molecule has 3 aromatic carbocycles. The molecule has 115 heavy (non-hydrogen) atoms. The van der Waals surface area contributed by atoms with Gasteiger partial charge in [-0.25, -0.2) is 15.0 Å². The average molecular weight is 1630 g/mol. The molecule has 36 nitrogen and oxygen atoms in total. The molecular formula is C77H98N18O18S2. The van der Waals surface area contributed by atoms with E-state index in [1.54, 1.807) is 26.0 Å². The van der Waals surface area contributed by atoms with Gasteiger partial charge in [-0.05, 0) is 97.3 Å². The number of aromatic amines is 3. The van der Waals surface area contributed by atoms with Gasteiger partial charge in [-0.1, -0.05) is 75.2 Å². The highest BCUT2D eigenvalue weighted by Crippen LogP contribution is 2.23. The fourth-order valence-electron chi connectivity index (χ4n) is 12.5. The number of primary amides is 1. The monoisotopic (exact) mass is 1630 g/mol. The number of aromatic nitrogens is 6. The lowest BCUT2D eigenvalue weighted by atomic mass is 10.0. The Labute approximate surface area is 669 Å². The van der Waals surface area contributed by atoms with Crippen molar-refractivity contribution in [2.45, 2.75) is 195 Å². The number of hydrogen-bond acceptors (Lipinski definition) is 22. The summed E-state index contributed by atoms with van der Waals surface area (Å²) in [6, 6.07) is 4.27. The summed E-state index contributed by atoms with van der Waals surface area (Å²) >= 11 is 2.64. The number of aliphatic carboxylic acids is 1. The van der Waals surface area contributed by atoms with E-state index in [0.29, 0.717) is 44.9 Å². The number of pyridine rings is 1. The average Bonchev–Trinajstić information content (AvgIpc) is 1.74. The Kier molecular flexibility index (Phi) is 33.9. The molecule has 0 aliphatic carbocycles. The van der Waals surface area contributed by atoms with E-state index in [2.05, 4.69) is 88.4 Å². The van der Waals surface area contributed by atoms with Crippen molar-refractivity contribution in [1.82, 2.24) is 88.4 Å². The number of nitrogens with two attached hydrogens (primary N) is 1. The van der Waals surface area contributed by atoms with Crippen molar-refractivity contribution in [3.63, 3.8) is 0 Å². The molecule has 7 aromatic rings. The number of thioether (sulfide) groups is 2. The van der Waals surface area contributed by atoms with Crippen LogP contribution in [0.3, 0.4) is 0 Å². The molecule has 0 fully saturated rings. The lowest BCUT2D eigenvalue weighted by Crippen LogP contribution is -2.62. The topological polar surface area (TPSA) is 567 Å². The van der Waals surface area contributed by atoms with Crippen molar-refractivity contribution in [2.75, 3.05) is 11.5 Å². The predicted octanol–water partition coefficient (Wildman–Crippen LogP) is -0.451. The lowest BCUT2D eigenvalue weighted by molar-refractivity contribution is -0.139. The molecule has 13 atom stereocenters. The molecule has 38 heteroatoms. The fraction of sp³-hybridized carbons (Fsp3) is 0.429. The molecule has 4 aromatic heterocycles. The first-order valence-corrected chi connectivity index (χ1v) is 39.7. The number of carbonyl (C=O) groups is 13. The van der Waals surface area contributed by atoms with Crippen molar-refractivity contribution in [3.8, 4) is 11.5 Å². The molecule has 0 unspecified atom stereocenters. The maximum atomic E-state index is 15.1. The first-order valence-electron chi connectivity index (χ1n) is 37.4. The molecule has 21 N–H and O–H groups in total. The minimum atomic E-state index is -1.92. The number of nitrogens with one attached hydrogen (secondary N) is 14. The number of phenolic OH excluding ortho intramolecular Hbond substituents is 2. The second-order valence-electron chi connectivity index (χ2n) is 27.8. The van der Waals surface area contributed by atoms with Crippen molar-refractivity contribution < 1.29 is 87.9 Å². The molecule has 12 amide bonds. The Morgan fingerprint density at radius 1 is 0.487 bits per heavy atom. The highest BCUT2D eigenvalue weighted by molar-refractivity contribution is 7.98. The highest BCUT2D eigenvalue weighted by Gasteiger charge is 2.39. The SMILES string of the molecule is CCC[C@@H]1NC(=O)[C@H](Cc2c[nH]c3ncccc23)NC(=O)[C@H]([C@@H](C)O)NC(=O)[C@H](Cc2c[nH]cn2)NC(=O)[C@H](Cc2ccc(O)cc2)NC(=O)[C@H](Cc2c[nH]cn2)NC(=O)CCSCc2cccc(c2)CSC[C@@H](C(N)=O)NC(=O)[C@H]([C@@H](C)O)NC(=O)[C@H](CCC)NC(=O)[C@H](Cc2ccc(O)cc2)NC(=O)[C@H](CCC(=O)O)NC1=O. The van der Waals surface area contributed by atoms with E-state index >= 15 is 4.79 Å². The quantitative estimate of drug-likeness (QED) is 0.0459. The second-order valence-corrected chi connectivity index (χ2v) is 29.9. The van der Waals surface area contributed by atoms with E-state index in [1.165, 1.54) is 123 Å². The second kappa shape index (κ2) is 43.9. The number of carbonyl (C=O) groups excluding carboxylic acids is 12. The zero-order valence-corrected chi connectivity index (χ0v) is 65.3. The predicted molar refractivity (Wildman–Crippen MR) is 422 cm³/mol. The van der Waals surface area contributed by atoms with E-state index < -0.39 is 168 Å². The summed E-state index contributed by atoms with van der Waals surface area (Å²) in [5.41, 5.74) is 9.61. The van der Waals surface area contributed by atoms with Crippen LogP contribution in [0.25, 0.3) is 11.0 Å². The Hall–Kier alpha value is -11.9. The number of benzene rings is 3. The molecule has 1 aliphatic heterocycles. The van der Waals surface area contributed by atoms with Crippen molar-refractivity contribution in [1.29, 1.82) is 0 Å². The number of nitrogens with zero attached hydrogens (tertiary/aromatic N) is 3. The molecule has 0 radical (unpaired) electrons. The Morgan fingerprint density at radius 2 is 0.913 bits per heavy atom. The first kappa shape index (κ1) is 88.7. The van der Waals surface area contributed by atoms with Gasteiger partial charge < -0.3 is 105 Å². The van der Waals surface area contributed by atoms with E-state index in [-0.39, 0.29) is 92.9 Å². The lowest BCUT2D eigenvalue weighted by Gasteiger charge is -2.29. The van der Waals surface area contributed by atoms with Crippen LogP contribution in [0.4, 0.5) is 0 Å². The van der Waals surface area contributed by atoms with Crippen LogP contribution in [0.5, 0.6) is 11.5 Å². The summed E-state index contributed by atoms with van der Waals surface area (Å²) in [6.07, 6.45) is 2.60. The van der Waals surface area contributed by atoms with Gasteiger partial charge in [0.05, 0.1) is 36.3 Å². The Morgan fingerprint density at radius 3 is 1.38 bits per heavy atom. The molecule has 0 saturated heterocycles. The molecular weight excluding hydrogens is 1530 g/mol. The van der Waals surface area contributed by atoms with Crippen LogP contribution >= 0.6 is 23.5 Å². The van der Waals surface area contributed by atoms with Gasteiger partial charge in [-0.15, -0.1) is 0 Å². The van der Waals surface area contributed by atoms with Gasteiger partial charge in [0.2, 0.25) is 70.9 Å². The number of hydrogen-bond donors (Lipinski definition) is 20. The van der Waals surface area contributed by atoms with E-state index in [1.807, 2.05) is 24.3 Å². The fourth-order valence-corrected chi connectivity index (χ4v) is 14.4. The van der Waals surface area contributed by atoms with Gasteiger partial charge in [-0.3, -0.25) is 62.3 Å². The number of rotatable bonds is 20. The van der Waals surface area contributed by atoms with Crippen LogP contribution in [0.2, 0.25) is 0 Å². The number of carboxylic acids is 1. The number of imidazole rings is 2. The Bertz CT molecular complexity index is 4470. The number of aliphatic hydroxyl groups excluding tert-OH is 2. The highest BCUT2D eigenvalue weighted by atomic mass is 32.2. The number of phenols is 2. The molecule has 5 heterocycles. The van der Waals surface area contributed by atoms with Gasteiger partial charge in [0.15, 0.2) is 0 Å². The number of carboxylic acid groups (broad SMARTS) is 1. The molecule has 2 bridgehead atoms. The third-order valence-electron chi connectivity index (χ3n) is 18.6. The molecule has 8 rings (SSSR count). The zero-order valence-electron chi connectivity index (χ0n) is 63.6. The smallest absolute Gasteiger partial charge is 0.303 e. The first-order chi connectivity index (χ1) is 55.0. The van der Waals surface area contributed by atoms with Gasteiger partial charge in [0, 0.05) is 98.1 Å². The third-order valence-corrected chi connectivity index (χ3v) is 20.7. The zero-order chi connectivity index (χ0) is 83.3. The summed E-state index contributed by atoms with van der Waals surface area (Å²) in [6.45, 7) is 5.71. The van der Waals surface area contributed by atoms with Crippen LogP contribution in [0, 0.1) is 0 Å². The molecule has 1 aliphatic rings. The summed E-state index contributed by atoms with van der Waals surface area (Å²) < 4.78 is 0. The van der Waals surface area contributed by atoms with Gasteiger partial charge in [0.1, 0.15) is 83.6 Å². The van der Waals surface area contributed by atoms with Crippen LogP contribution in [0.15, 0.2) is 122 Å². The van der Waals surface area contributed by atoms with Crippen LogP contribution in [0.1, 0.15) is 112 Å². The summed E-state index contributed by atoms with van der Waals surface area (Å²) in [5.74, 6) is -12.4. The number of aromatic hydroxyl groups is 2. The van der Waals surface area contributed by atoms with Crippen LogP contribution < -0.4 is 64.2 Å². The summed E-state index contributed by atoms with van der Waals surface area (Å²) in [5, 5.41) is 81.9. The van der Waals surface area contributed by atoms with Crippen molar-refractivity contribution in [2.24, 2.45) is 5.73 Å². The maximum absolute atomic E-state index is 15.1. The van der Waals surface area contributed by atoms with E-state index in [4.69, 9.17) is 5.73 Å². The van der Waals surface area contributed by atoms with Gasteiger partial charge in [-0.2, -0.15) is 23.5 Å². The largest absolute Gasteiger partial charge is 0.508 e. The van der Waals surface area contributed by atoms with Crippen molar-refractivity contribution in [3.05, 3.63) is 162 Å². The van der Waals surface area contributed by atoms with Gasteiger partial charge in [0.25, 0.3) is 0 Å². The summed E-state index contributed by atoms with van der Waals surface area (Å²) in [4.78, 5) is 208. The van der Waals surface area contributed by atoms with Crippen LogP contribution in [-0.2, 0) is 106 Å². The number of fused-ring (bicyclic) bond motifs is 3.